The summed E-state index contributed by atoms with van der Waals surface area (Å²) in [6.45, 7) is 1.95. The highest BCUT2D eigenvalue weighted by molar-refractivity contribution is 7.98. The van der Waals surface area contributed by atoms with Gasteiger partial charge in [0.15, 0.2) is 0 Å². The van der Waals surface area contributed by atoms with Gasteiger partial charge in [-0.15, -0.1) is 0 Å². The summed E-state index contributed by atoms with van der Waals surface area (Å²) in [7, 11) is 1.74. The molecule has 0 aromatic heterocycles. The van der Waals surface area contributed by atoms with Crippen LogP contribution in [0.5, 0.6) is 0 Å². The molecule has 1 unspecified atom stereocenters. The molecule has 6 heteroatoms. The van der Waals surface area contributed by atoms with E-state index in [1.807, 2.05) is 13.2 Å². The van der Waals surface area contributed by atoms with E-state index in [1.165, 1.54) is 6.07 Å². The summed E-state index contributed by atoms with van der Waals surface area (Å²) in [4.78, 5) is 11.9. The predicted octanol–water partition coefficient (Wildman–Crippen LogP) is 2.92. The van der Waals surface area contributed by atoms with Crippen LogP contribution in [0.15, 0.2) is 18.2 Å². The van der Waals surface area contributed by atoms with Crippen molar-refractivity contribution in [2.45, 2.75) is 13.0 Å². The summed E-state index contributed by atoms with van der Waals surface area (Å²) < 4.78 is 13.4. The van der Waals surface area contributed by atoms with Gasteiger partial charge in [0.1, 0.15) is 5.69 Å². The first-order valence-electron chi connectivity index (χ1n) is 5.13. The average Bonchev–Trinajstić information content (AvgIpc) is 2.27. The average molecular weight is 258 g/mol. The molecule has 1 rings (SSSR count). The molecule has 17 heavy (non-hydrogen) atoms. The van der Waals surface area contributed by atoms with Gasteiger partial charge in [-0.05, 0) is 25.3 Å². The van der Waals surface area contributed by atoms with Gasteiger partial charge in [-0.3, -0.25) is 10.1 Å². The smallest absolute Gasteiger partial charge is 0.327 e. The zero-order chi connectivity index (χ0) is 13.0. The molecule has 0 aliphatic carbocycles. The van der Waals surface area contributed by atoms with E-state index in [2.05, 4.69) is 0 Å². The second-order valence-electron chi connectivity index (χ2n) is 3.78. The molecular weight excluding hydrogens is 243 g/mol. The molecule has 0 saturated carbocycles. The van der Waals surface area contributed by atoms with Crippen LogP contribution in [0.3, 0.4) is 0 Å². The molecule has 1 aromatic rings. The number of hydrogen-bond acceptors (Lipinski definition) is 4. The van der Waals surface area contributed by atoms with Crippen LogP contribution in [-0.4, -0.2) is 30.0 Å². The Morgan fingerprint density at radius 1 is 1.59 bits per heavy atom. The van der Waals surface area contributed by atoms with Gasteiger partial charge < -0.3 is 4.90 Å². The first-order chi connectivity index (χ1) is 7.99. The molecular formula is C11H15FN2O2S. The zero-order valence-corrected chi connectivity index (χ0v) is 10.8. The van der Waals surface area contributed by atoms with Gasteiger partial charge in [-0.2, -0.15) is 16.2 Å². The van der Waals surface area contributed by atoms with E-state index in [4.69, 9.17) is 0 Å². The Kier molecular flexibility index (Phi) is 4.74. The van der Waals surface area contributed by atoms with Crippen molar-refractivity contribution < 1.29 is 9.31 Å². The predicted molar refractivity (Wildman–Crippen MR) is 69.3 cm³/mol. The Hall–Kier alpha value is -1.30. The minimum atomic E-state index is -0.796. The first kappa shape index (κ1) is 13.8. The van der Waals surface area contributed by atoms with Crippen LogP contribution < -0.4 is 4.90 Å². The number of thioether (sulfide) groups is 1. The maximum Gasteiger partial charge on any atom is 0.327 e. The minimum Gasteiger partial charge on any atom is -0.365 e. The Morgan fingerprint density at radius 3 is 2.76 bits per heavy atom. The molecule has 1 atom stereocenters. The summed E-state index contributed by atoms with van der Waals surface area (Å²) >= 11 is 1.65. The van der Waals surface area contributed by atoms with Crippen LogP contribution in [0, 0.1) is 15.9 Å². The number of nitro benzene ring substituents is 1. The van der Waals surface area contributed by atoms with Crippen LogP contribution in [0.25, 0.3) is 0 Å². The number of anilines is 1. The van der Waals surface area contributed by atoms with Crippen molar-refractivity contribution in [1.82, 2.24) is 0 Å². The minimum absolute atomic E-state index is 0.102. The fourth-order valence-electron chi connectivity index (χ4n) is 1.56. The molecule has 4 nitrogen and oxygen atoms in total. The molecule has 0 spiro atoms. The summed E-state index contributed by atoms with van der Waals surface area (Å²) in [6.07, 6.45) is 1.96. The van der Waals surface area contributed by atoms with Gasteiger partial charge in [-0.25, -0.2) is 0 Å². The van der Waals surface area contributed by atoms with Gasteiger partial charge in [0.2, 0.25) is 5.82 Å². The standard InChI is InChI=1S/C11H15FN2O2S/c1-8(7-17-3)13(2)10-6-4-5-9(12)11(10)14(15)16/h4-6,8H,7H2,1-3H3. The summed E-state index contributed by atoms with van der Waals surface area (Å²) in [5.41, 5.74) is -0.139. The topological polar surface area (TPSA) is 46.4 Å². The summed E-state index contributed by atoms with van der Waals surface area (Å²) in [5, 5.41) is 10.9. The SMILES string of the molecule is CSCC(C)N(C)c1cccc(F)c1[N+](=O)[O-]. The van der Waals surface area contributed by atoms with Crippen LogP contribution in [0.2, 0.25) is 0 Å². The largest absolute Gasteiger partial charge is 0.365 e. The molecule has 94 valence electrons. The highest BCUT2D eigenvalue weighted by Gasteiger charge is 2.24. The third kappa shape index (κ3) is 3.09. The van der Waals surface area contributed by atoms with Gasteiger partial charge >= 0.3 is 5.69 Å². The number of nitro groups is 1. The highest BCUT2D eigenvalue weighted by Crippen LogP contribution is 2.31. The van der Waals surface area contributed by atoms with Gasteiger partial charge in [0.05, 0.1) is 4.92 Å². The van der Waals surface area contributed by atoms with E-state index in [1.54, 1.807) is 29.8 Å². The lowest BCUT2D eigenvalue weighted by atomic mass is 10.2. The van der Waals surface area contributed by atoms with E-state index in [9.17, 15) is 14.5 Å². The van der Waals surface area contributed by atoms with Gasteiger partial charge in [0.25, 0.3) is 0 Å². The van der Waals surface area contributed by atoms with E-state index in [0.717, 1.165) is 11.8 Å². The molecule has 0 radical (unpaired) electrons. The van der Waals surface area contributed by atoms with Gasteiger partial charge in [-0.1, -0.05) is 6.07 Å². The Labute approximate surface area is 104 Å². The van der Waals surface area contributed by atoms with Crippen LogP contribution >= 0.6 is 11.8 Å². The number of hydrogen-bond donors (Lipinski definition) is 0. The maximum absolute atomic E-state index is 13.4. The lowest BCUT2D eigenvalue weighted by Crippen LogP contribution is -2.31. The molecule has 0 fully saturated rings. The molecule has 0 bridgehead atoms. The molecule has 1 aromatic carbocycles. The van der Waals surface area contributed by atoms with E-state index in [-0.39, 0.29) is 6.04 Å². The Balaban J connectivity index is 3.13. The first-order valence-corrected chi connectivity index (χ1v) is 6.53. The Bertz CT molecular complexity index is 414. The normalized spacial score (nSPS) is 12.2. The molecule has 0 heterocycles. The molecule has 0 aliphatic rings. The number of benzene rings is 1. The highest BCUT2D eigenvalue weighted by atomic mass is 32.2. The van der Waals surface area contributed by atoms with Crippen molar-refractivity contribution in [3.63, 3.8) is 0 Å². The van der Waals surface area contributed by atoms with Crippen molar-refractivity contribution in [1.29, 1.82) is 0 Å². The lowest BCUT2D eigenvalue weighted by Gasteiger charge is -2.26. The fraction of sp³-hybridized carbons (Fsp3) is 0.455. The van der Waals surface area contributed by atoms with Crippen molar-refractivity contribution in [3.05, 3.63) is 34.1 Å². The third-order valence-corrected chi connectivity index (χ3v) is 3.41. The monoisotopic (exact) mass is 258 g/mol. The van der Waals surface area contributed by atoms with Crippen LogP contribution in [-0.2, 0) is 0 Å². The maximum atomic E-state index is 13.4. The zero-order valence-electron chi connectivity index (χ0n) is 10.0. The summed E-state index contributed by atoms with van der Waals surface area (Å²) in [5.74, 6) is 0.0279. The van der Waals surface area contributed by atoms with Crippen LogP contribution in [0.4, 0.5) is 15.8 Å². The molecule has 0 amide bonds. The van der Waals surface area contributed by atoms with Crippen molar-refractivity contribution in [3.8, 4) is 0 Å². The third-order valence-electron chi connectivity index (χ3n) is 2.60. The second kappa shape index (κ2) is 5.86. The van der Waals surface area contributed by atoms with Crippen LogP contribution in [0.1, 0.15) is 6.92 Å². The van der Waals surface area contributed by atoms with Gasteiger partial charge in [0, 0.05) is 18.8 Å². The number of nitrogens with zero attached hydrogens (tertiary/aromatic N) is 2. The van der Waals surface area contributed by atoms with Crippen molar-refractivity contribution in [2.75, 3.05) is 24.0 Å². The van der Waals surface area contributed by atoms with E-state index < -0.39 is 16.4 Å². The molecule has 0 N–H and O–H groups in total. The molecule has 0 saturated heterocycles. The number of halogens is 1. The van der Waals surface area contributed by atoms with Crippen molar-refractivity contribution >= 4 is 23.1 Å². The fourth-order valence-corrected chi connectivity index (χ4v) is 2.27. The lowest BCUT2D eigenvalue weighted by molar-refractivity contribution is -0.386. The van der Waals surface area contributed by atoms with Crippen molar-refractivity contribution in [2.24, 2.45) is 0 Å². The quantitative estimate of drug-likeness (QED) is 0.602. The van der Waals surface area contributed by atoms with E-state index >= 15 is 0 Å². The number of para-hydroxylation sites is 1. The summed E-state index contributed by atoms with van der Waals surface area (Å²) in [6, 6.07) is 4.26. The molecule has 0 aliphatic heterocycles. The second-order valence-corrected chi connectivity index (χ2v) is 4.69. The Morgan fingerprint density at radius 2 is 2.24 bits per heavy atom. The number of rotatable bonds is 5. The van der Waals surface area contributed by atoms with E-state index in [0.29, 0.717) is 5.69 Å².